The standard InChI is InChI=1S/C13H11Br2ClN2/c14-8-1-3-10(18-7-8)6-13(17)11-5-9(16)2-4-12(11)15/h1-5,7,13H,6,17H2. The summed E-state index contributed by atoms with van der Waals surface area (Å²) in [6, 6.07) is 9.41. The van der Waals surface area contributed by atoms with Gasteiger partial charge in [0.15, 0.2) is 0 Å². The van der Waals surface area contributed by atoms with Crippen LogP contribution in [0.4, 0.5) is 0 Å². The topological polar surface area (TPSA) is 38.9 Å². The average molecular weight is 391 g/mol. The molecule has 0 saturated carbocycles. The quantitative estimate of drug-likeness (QED) is 0.838. The summed E-state index contributed by atoms with van der Waals surface area (Å²) in [5.41, 5.74) is 8.14. The van der Waals surface area contributed by atoms with Gasteiger partial charge in [-0.25, -0.2) is 0 Å². The Balaban J connectivity index is 2.18. The second-order valence-corrected chi connectivity index (χ2v) is 6.15. The Labute approximate surface area is 128 Å². The fourth-order valence-corrected chi connectivity index (χ4v) is 2.62. The molecule has 1 unspecified atom stereocenters. The smallest absolute Gasteiger partial charge is 0.0423 e. The lowest BCUT2D eigenvalue weighted by Crippen LogP contribution is -2.14. The van der Waals surface area contributed by atoms with Gasteiger partial charge in [0.05, 0.1) is 0 Å². The maximum atomic E-state index is 6.19. The summed E-state index contributed by atoms with van der Waals surface area (Å²) in [6.45, 7) is 0. The molecule has 0 radical (unpaired) electrons. The first kappa shape index (κ1) is 14.0. The highest BCUT2D eigenvalue weighted by atomic mass is 79.9. The first-order valence-electron chi connectivity index (χ1n) is 5.37. The van der Waals surface area contributed by atoms with E-state index in [4.69, 9.17) is 17.3 Å². The van der Waals surface area contributed by atoms with Gasteiger partial charge < -0.3 is 5.73 Å². The maximum Gasteiger partial charge on any atom is 0.0423 e. The van der Waals surface area contributed by atoms with Crippen molar-refractivity contribution in [2.75, 3.05) is 0 Å². The molecule has 2 aromatic rings. The molecule has 2 nitrogen and oxygen atoms in total. The molecule has 0 amide bonds. The highest BCUT2D eigenvalue weighted by Gasteiger charge is 2.12. The minimum Gasteiger partial charge on any atom is -0.324 e. The Kier molecular flexibility index (Phi) is 4.78. The molecule has 2 N–H and O–H groups in total. The molecule has 0 fully saturated rings. The maximum absolute atomic E-state index is 6.19. The second kappa shape index (κ2) is 6.15. The molecule has 0 saturated heterocycles. The molecule has 0 aliphatic heterocycles. The van der Waals surface area contributed by atoms with Crippen molar-refractivity contribution < 1.29 is 0 Å². The van der Waals surface area contributed by atoms with Crippen LogP contribution >= 0.6 is 43.5 Å². The third kappa shape index (κ3) is 3.54. The lowest BCUT2D eigenvalue weighted by atomic mass is 10.0. The van der Waals surface area contributed by atoms with Gasteiger partial charge in [0.25, 0.3) is 0 Å². The van der Waals surface area contributed by atoms with Crippen molar-refractivity contribution in [1.29, 1.82) is 0 Å². The van der Waals surface area contributed by atoms with Crippen molar-refractivity contribution in [1.82, 2.24) is 4.98 Å². The number of hydrogen-bond donors (Lipinski definition) is 1. The van der Waals surface area contributed by atoms with Crippen LogP contribution in [0.25, 0.3) is 0 Å². The molecule has 0 aliphatic rings. The fourth-order valence-electron chi connectivity index (χ4n) is 1.66. The molecule has 1 atom stereocenters. The van der Waals surface area contributed by atoms with Crippen LogP contribution in [-0.4, -0.2) is 4.98 Å². The van der Waals surface area contributed by atoms with E-state index in [1.165, 1.54) is 0 Å². The molecule has 0 bridgehead atoms. The van der Waals surface area contributed by atoms with Crippen LogP contribution in [0.1, 0.15) is 17.3 Å². The lowest BCUT2D eigenvalue weighted by molar-refractivity contribution is 0.703. The summed E-state index contributed by atoms with van der Waals surface area (Å²) in [7, 11) is 0. The van der Waals surface area contributed by atoms with Crippen molar-refractivity contribution in [2.24, 2.45) is 5.73 Å². The van der Waals surface area contributed by atoms with E-state index in [9.17, 15) is 0 Å². The first-order chi connectivity index (χ1) is 8.56. The summed E-state index contributed by atoms with van der Waals surface area (Å²) in [5.74, 6) is 0. The third-order valence-corrected chi connectivity index (χ3v) is 4.00. The lowest BCUT2D eigenvalue weighted by Gasteiger charge is -2.14. The molecule has 1 aromatic heterocycles. The predicted octanol–water partition coefficient (Wildman–Crippen LogP) is 4.50. The van der Waals surface area contributed by atoms with E-state index >= 15 is 0 Å². The van der Waals surface area contributed by atoms with Crippen molar-refractivity contribution >= 4 is 43.5 Å². The molecule has 1 heterocycles. The summed E-state index contributed by atoms with van der Waals surface area (Å²) in [4.78, 5) is 4.32. The van der Waals surface area contributed by atoms with Crippen LogP contribution in [0.5, 0.6) is 0 Å². The third-order valence-electron chi connectivity index (χ3n) is 2.58. The zero-order valence-corrected chi connectivity index (χ0v) is 13.3. The van der Waals surface area contributed by atoms with E-state index in [0.29, 0.717) is 11.4 Å². The largest absolute Gasteiger partial charge is 0.324 e. The number of aromatic nitrogens is 1. The van der Waals surface area contributed by atoms with Gasteiger partial charge >= 0.3 is 0 Å². The number of rotatable bonds is 3. The zero-order valence-electron chi connectivity index (χ0n) is 9.41. The van der Waals surface area contributed by atoms with Gasteiger partial charge in [-0.05, 0) is 51.8 Å². The van der Waals surface area contributed by atoms with E-state index < -0.39 is 0 Å². The van der Waals surface area contributed by atoms with E-state index in [1.807, 2.05) is 30.3 Å². The molecule has 2 rings (SSSR count). The van der Waals surface area contributed by atoms with Crippen LogP contribution in [0.2, 0.25) is 5.02 Å². The van der Waals surface area contributed by atoms with Crippen LogP contribution < -0.4 is 5.73 Å². The summed E-state index contributed by atoms with van der Waals surface area (Å²) in [5, 5.41) is 0.687. The highest BCUT2D eigenvalue weighted by Crippen LogP contribution is 2.27. The molecular weight excluding hydrogens is 379 g/mol. The molecule has 0 aliphatic carbocycles. The minimum absolute atomic E-state index is 0.133. The number of hydrogen-bond acceptors (Lipinski definition) is 2. The Bertz CT molecular complexity index is 543. The second-order valence-electron chi connectivity index (χ2n) is 3.94. The number of nitrogens with two attached hydrogens (primary N) is 1. The van der Waals surface area contributed by atoms with Crippen LogP contribution in [-0.2, 0) is 6.42 Å². The Morgan fingerprint density at radius 3 is 2.67 bits per heavy atom. The van der Waals surface area contributed by atoms with Gasteiger partial charge in [0.1, 0.15) is 0 Å². The molecule has 94 valence electrons. The Morgan fingerprint density at radius 1 is 1.22 bits per heavy atom. The molecule has 18 heavy (non-hydrogen) atoms. The van der Waals surface area contributed by atoms with E-state index in [1.54, 1.807) is 6.20 Å². The fraction of sp³-hybridized carbons (Fsp3) is 0.154. The molecule has 0 spiro atoms. The molecular formula is C13H11Br2ClN2. The Morgan fingerprint density at radius 2 is 2.00 bits per heavy atom. The number of pyridine rings is 1. The van der Waals surface area contributed by atoms with Crippen molar-refractivity contribution in [3.63, 3.8) is 0 Å². The van der Waals surface area contributed by atoms with Crippen LogP contribution in [0.15, 0.2) is 45.5 Å². The number of nitrogens with zero attached hydrogens (tertiary/aromatic N) is 1. The van der Waals surface area contributed by atoms with Gasteiger partial charge in [0.2, 0.25) is 0 Å². The van der Waals surface area contributed by atoms with E-state index in [-0.39, 0.29) is 6.04 Å². The highest BCUT2D eigenvalue weighted by molar-refractivity contribution is 9.10. The first-order valence-corrected chi connectivity index (χ1v) is 7.33. The van der Waals surface area contributed by atoms with Gasteiger partial charge in [-0.1, -0.05) is 27.5 Å². The van der Waals surface area contributed by atoms with Crippen LogP contribution in [0, 0.1) is 0 Å². The Hall–Kier alpha value is -0.420. The van der Waals surface area contributed by atoms with Crippen molar-refractivity contribution in [3.05, 3.63) is 61.8 Å². The van der Waals surface area contributed by atoms with E-state index in [2.05, 4.69) is 36.8 Å². The van der Waals surface area contributed by atoms with E-state index in [0.717, 1.165) is 20.2 Å². The number of halogens is 3. The summed E-state index contributed by atoms with van der Waals surface area (Å²) >= 11 is 12.8. The molecule has 1 aromatic carbocycles. The van der Waals surface area contributed by atoms with Crippen LogP contribution in [0.3, 0.4) is 0 Å². The normalized spacial score (nSPS) is 12.4. The summed E-state index contributed by atoms with van der Waals surface area (Å²) < 4.78 is 1.93. The predicted molar refractivity (Wildman–Crippen MR) is 81.7 cm³/mol. The zero-order chi connectivity index (χ0) is 13.1. The molecule has 5 heteroatoms. The summed E-state index contributed by atoms with van der Waals surface area (Å²) in [6.07, 6.45) is 2.45. The SMILES string of the molecule is NC(Cc1ccc(Br)cn1)c1cc(Cl)ccc1Br. The van der Waals surface area contributed by atoms with Crippen molar-refractivity contribution in [3.8, 4) is 0 Å². The van der Waals surface area contributed by atoms with Crippen molar-refractivity contribution in [2.45, 2.75) is 12.5 Å². The minimum atomic E-state index is -0.133. The van der Waals surface area contributed by atoms with Gasteiger partial charge in [-0.15, -0.1) is 0 Å². The number of benzene rings is 1. The van der Waals surface area contributed by atoms with Gasteiger partial charge in [-0.2, -0.15) is 0 Å². The van der Waals surface area contributed by atoms with Gasteiger partial charge in [-0.3, -0.25) is 4.98 Å². The monoisotopic (exact) mass is 388 g/mol. The average Bonchev–Trinajstić information content (AvgIpc) is 2.35. The van der Waals surface area contributed by atoms with Gasteiger partial charge in [0, 0.05) is 38.3 Å².